The Bertz CT molecular complexity index is 148. The van der Waals surface area contributed by atoms with Crippen LogP contribution in [0, 0.1) is 0 Å². The molecular weight excluding hydrogens is 166 g/mol. The number of carboxylic acids is 2. The van der Waals surface area contributed by atoms with Crippen molar-refractivity contribution in [1.29, 1.82) is 0 Å². The minimum Gasteiger partial charge on any atom is -0.473 e. The van der Waals surface area contributed by atoms with Crippen molar-refractivity contribution in [2.75, 3.05) is 6.54 Å². The predicted molar refractivity (Wildman–Crippen MR) is 40.6 cm³/mol. The molecule has 0 amide bonds. The van der Waals surface area contributed by atoms with E-state index in [0.29, 0.717) is 6.54 Å². The molecule has 0 aromatic carbocycles. The average molecular weight is 179 g/mol. The van der Waals surface area contributed by atoms with Crippen LogP contribution in [0.15, 0.2) is 0 Å². The number of rotatable bonds is 1. The summed E-state index contributed by atoms with van der Waals surface area (Å²) in [7, 11) is 0. The molecule has 0 spiro atoms. The Morgan fingerprint density at radius 2 is 1.42 bits per heavy atom. The summed E-state index contributed by atoms with van der Waals surface area (Å²) in [4.78, 5) is 18.2. The third-order valence-electron chi connectivity index (χ3n) is 0.682. The lowest BCUT2D eigenvalue weighted by molar-refractivity contribution is -0.159. The van der Waals surface area contributed by atoms with E-state index < -0.39 is 17.5 Å². The molecule has 0 fully saturated rings. The van der Waals surface area contributed by atoms with Crippen LogP contribution in [0.3, 0.4) is 0 Å². The fourth-order valence-electron chi connectivity index (χ4n) is 0. The van der Waals surface area contributed by atoms with Crippen LogP contribution in [0.25, 0.3) is 0 Å². The van der Waals surface area contributed by atoms with Gasteiger partial charge in [-0.05, 0) is 13.8 Å². The molecule has 0 atom stereocenters. The van der Waals surface area contributed by atoms with Gasteiger partial charge >= 0.3 is 11.9 Å². The van der Waals surface area contributed by atoms with E-state index in [-0.39, 0.29) is 0 Å². The molecule has 0 unspecified atom stereocenters. The molecule has 0 aromatic rings. The zero-order chi connectivity index (χ0) is 10.4. The van der Waals surface area contributed by atoms with Gasteiger partial charge in [0.15, 0.2) is 0 Å². The summed E-state index contributed by atoms with van der Waals surface area (Å²) in [6.07, 6.45) is 0. The standard InChI is InChI=1S/C4H11NO.C2H2O4/c1-4(2,6)3-5;3-1(4)2(5)6/h6H,3,5H2,1-2H3;(H,3,4)(H,5,6). The average Bonchev–Trinajstić information content (AvgIpc) is 1.87. The summed E-state index contributed by atoms with van der Waals surface area (Å²) in [5.41, 5.74) is 4.38. The lowest BCUT2D eigenvalue weighted by Crippen LogP contribution is -2.29. The van der Waals surface area contributed by atoms with Gasteiger partial charge in [-0.2, -0.15) is 0 Å². The maximum atomic E-state index is 9.10. The molecule has 0 aliphatic carbocycles. The zero-order valence-electron chi connectivity index (χ0n) is 6.94. The molecular formula is C6H13NO5. The summed E-state index contributed by atoms with van der Waals surface area (Å²) >= 11 is 0. The SMILES string of the molecule is CC(C)(O)CN.O=C(O)C(=O)O. The summed E-state index contributed by atoms with van der Waals surface area (Å²) in [5, 5.41) is 23.5. The van der Waals surface area contributed by atoms with Crippen molar-refractivity contribution < 1.29 is 24.9 Å². The fourth-order valence-corrected chi connectivity index (χ4v) is 0. The molecule has 0 radical (unpaired) electrons. The van der Waals surface area contributed by atoms with Crippen molar-refractivity contribution in [3.05, 3.63) is 0 Å². The van der Waals surface area contributed by atoms with Crippen molar-refractivity contribution in [3.63, 3.8) is 0 Å². The highest BCUT2D eigenvalue weighted by molar-refractivity contribution is 6.27. The largest absolute Gasteiger partial charge is 0.473 e. The van der Waals surface area contributed by atoms with Gasteiger partial charge in [-0.1, -0.05) is 0 Å². The number of carboxylic acid groups (broad SMARTS) is 2. The molecule has 5 N–H and O–H groups in total. The number of aliphatic carboxylic acids is 2. The summed E-state index contributed by atoms with van der Waals surface area (Å²) in [6, 6.07) is 0. The van der Waals surface area contributed by atoms with Gasteiger partial charge in [0, 0.05) is 6.54 Å². The molecule has 0 bridgehead atoms. The molecule has 0 aromatic heterocycles. The summed E-state index contributed by atoms with van der Waals surface area (Å²) in [6.45, 7) is 3.67. The number of hydrogen-bond donors (Lipinski definition) is 4. The lowest BCUT2D eigenvalue weighted by atomic mass is 10.1. The van der Waals surface area contributed by atoms with E-state index in [1.807, 2.05) is 0 Å². The zero-order valence-corrected chi connectivity index (χ0v) is 6.94. The highest BCUT2D eigenvalue weighted by Gasteiger charge is 2.06. The highest BCUT2D eigenvalue weighted by Crippen LogP contribution is 1.93. The Balaban J connectivity index is 0. The fraction of sp³-hybridized carbons (Fsp3) is 0.667. The van der Waals surface area contributed by atoms with E-state index in [2.05, 4.69) is 0 Å². The van der Waals surface area contributed by atoms with E-state index in [9.17, 15) is 0 Å². The van der Waals surface area contributed by atoms with E-state index in [1.165, 1.54) is 0 Å². The van der Waals surface area contributed by atoms with Gasteiger partial charge in [0.2, 0.25) is 0 Å². The number of carbonyl (C=O) groups is 2. The van der Waals surface area contributed by atoms with Gasteiger partial charge in [0.1, 0.15) is 0 Å². The first kappa shape index (κ1) is 13.4. The van der Waals surface area contributed by atoms with Gasteiger partial charge in [-0.3, -0.25) is 0 Å². The van der Waals surface area contributed by atoms with Crippen molar-refractivity contribution in [2.45, 2.75) is 19.4 Å². The number of aliphatic hydroxyl groups is 1. The second kappa shape index (κ2) is 5.50. The van der Waals surface area contributed by atoms with Gasteiger partial charge < -0.3 is 21.1 Å². The molecule has 0 saturated heterocycles. The van der Waals surface area contributed by atoms with Gasteiger partial charge in [0.25, 0.3) is 0 Å². The molecule has 0 heterocycles. The van der Waals surface area contributed by atoms with Crippen molar-refractivity contribution in [3.8, 4) is 0 Å². The van der Waals surface area contributed by atoms with Gasteiger partial charge in [0.05, 0.1) is 5.60 Å². The molecule has 0 aliphatic rings. The summed E-state index contributed by atoms with van der Waals surface area (Å²) < 4.78 is 0. The molecule has 72 valence electrons. The maximum absolute atomic E-state index is 9.10. The van der Waals surface area contributed by atoms with E-state index in [4.69, 9.17) is 30.6 Å². The molecule has 6 nitrogen and oxygen atoms in total. The molecule has 0 aliphatic heterocycles. The second-order valence-corrected chi connectivity index (χ2v) is 2.63. The second-order valence-electron chi connectivity index (χ2n) is 2.63. The van der Waals surface area contributed by atoms with Crippen LogP contribution in [-0.4, -0.2) is 39.4 Å². The van der Waals surface area contributed by atoms with Crippen LogP contribution in [0.5, 0.6) is 0 Å². The highest BCUT2D eigenvalue weighted by atomic mass is 16.4. The Kier molecular flexibility index (Phi) is 6.17. The molecule has 0 rings (SSSR count). The number of nitrogens with two attached hydrogens (primary N) is 1. The first-order valence-electron chi connectivity index (χ1n) is 3.09. The van der Waals surface area contributed by atoms with Crippen molar-refractivity contribution in [1.82, 2.24) is 0 Å². The molecule has 0 saturated carbocycles. The minimum atomic E-state index is -1.82. The Labute approximate surface area is 69.6 Å². The van der Waals surface area contributed by atoms with Gasteiger partial charge in [-0.15, -0.1) is 0 Å². The van der Waals surface area contributed by atoms with Crippen LogP contribution in [0.4, 0.5) is 0 Å². The van der Waals surface area contributed by atoms with E-state index in [0.717, 1.165) is 0 Å². The normalized spacial score (nSPS) is 9.67. The van der Waals surface area contributed by atoms with E-state index >= 15 is 0 Å². The molecule has 12 heavy (non-hydrogen) atoms. The number of hydrogen-bond acceptors (Lipinski definition) is 4. The van der Waals surface area contributed by atoms with Crippen LogP contribution in [0.1, 0.15) is 13.8 Å². The lowest BCUT2D eigenvalue weighted by Gasteiger charge is -2.11. The van der Waals surface area contributed by atoms with Crippen LogP contribution >= 0.6 is 0 Å². The van der Waals surface area contributed by atoms with Crippen molar-refractivity contribution >= 4 is 11.9 Å². The first-order valence-corrected chi connectivity index (χ1v) is 3.09. The maximum Gasteiger partial charge on any atom is 0.414 e. The van der Waals surface area contributed by atoms with E-state index in [1.54, 1.807) is 13.8 Å². The summed E-state index contributed by atoms with van der Waals surface area (Å²) in [5.74, 6) is -3.65. The Hall–Kier alpha value is -1.14. The van der Waals surface area contributed by atoms with Crippen LogP contribution in [-0.2, 0) is 9.59 Å². The molecule has 6 heteroatoms. The Morgan fingerprint density at radius 1 is 1.25 bits per heavy atom. The quantitative estimate of drug-likeness (QED) is 0.378. The minimum absolute atomic E-state index is 0.326. The third-order valence-corrected chi connectivity index (χ3v) is 0.682. The Morgan fingerprint density at radius 3 is 1.42 bits per heavy atom. The van der Waals surface area contributed by atoms with Gasteiger partial charge in [-0.25, -0.2) is 9.59 Å². The predicted octanol–water partition coefficient (Wildman–Crippen LogP) is -1.13. The topological polar surface area (TPSA) is 121 Å². The third kappa shape index (κ3) is 15.9. The smallest absolute Gasteiger partial charge is 0.414 e. The van der Waals surface area contributed by atoms with Crippen LogP contribution in [0.2, 0.25) is 0 Å². The van der Waals surface area contributed by atoms with Crippen molar-refractivity contribution in [2.24, 2.45) is 5.73 Å². The van der Waals surface area contributed by atoms with Crippen LogP contribution < -0.4 is 5.73 Å². The first-order chi connectivity index (χ1) is 5.20. The monoisotopic (exact) mass is 179 g/mol.